The molecule has 1 atom stereocenters. The summed E-state index contributed by atoms with van der Waals surface area (Å²) in [7, 11) is 0. The highest BCUT2D eigenvalue weighted by molar-refractivity contribution is 5.36. The number of rotatable bonds is 3. The van der Waals surface area contributed by atoms with Crippen LogP contribution in [-0.4, -0.2) is 5.11 Å². The van der Waals surface area contributed by atoms with Crippen LogP contribution >= 0.6 is 0 Å². The first-order valence-corrected chi connectivity index (χ1v) is 7.16. The molecule has 3 rings (SSSR count). The van der Waals surface area contributed by atoms with Crippen LogP contribution in [0.2, 0.25) is 0 Å². The molecule has 0 fully saturated rings. The second-order valence-electron chi connectivity index (χ2n) is 5.30. The van der Waals surface area contributed by atoms with E-state index >= 15 is 0 Å². The Hall–Kier alpha value is -1.54. The summed E-state index contributed by atoms with van der Waals surface area (Å²) in [4.78, 5) is 0. The summed E-state index contributed by atoms with van der Waals surface area (Å²) in [6.45, 7) is 2.05. The lowest BCUT2D eigenvalue weighted by atomic mass is 9.89. The topological polar surface area (TPSA) is 33.4 Å². The SMILES string of the molecule is CCc1ccc(C(O)c2ccc3c(c2)CCCC3)o1. The molecule has 1 aromatic heterocycles. The van der Waals surface area contributed by atoms with Gasteiger partial charge in [0.25, 0.3) is 0 Å². The molecule has 1 aliphatic rings. The van der Waals surface area contributed by atoms with Crippen LogP contribution in [0.1, 0.15) is 54.1 Å². The zero-order valence-electron chi connectivity index (χ0n) is 11.4. The molecule has 0 bridgehead atoms. The Labute approximate surface area is 114 Å². The maximum Gasteiger partial charge on any atom is 0.137 e. The van der Waals surface area contributed by atoms with Gasteiger partial charge in [-0.05, 0) is 54.5 Å². The lowest BCUT2D eigenvalue weighted by Gasteiger charge is -2.18. The highest BCUT2D eigenvalue weighted by atomic mass is 16.4. The monoisotopic (exact) mass is 256 g/mol. The third kappa shape index (κ3) is 2.45. The summed E-state index contributed by atoms with van der Waals surface area (Å²) in [5, 5.41) is 10.4. The van der Waals surface area contributed by atoms with Gasteiger partial charge in [-0.3, -0.25) is 0 Å². The average Bonchev–Trinajstić information content (AvgIpc) is 2.95. The van der Waals surface area contributed by atoms with Gasteiger partial charge >= 0.3 is 0 Å². The van der Waals surface area contributed by atoms with Crippen LogP contribution in [0, 0.1) is 0 Å². The van der Waals surface area contributed by atoms with Gasteiger partial charge in [0.1, 0.15) is 17.6 Å². The molecule has 0 radical (unpaired) electrons. The van der Waals surface area contributed by atoms with E-state index in [-0.39, 0.29) is 0 Å². The predicted octanol–water partition coefficient (Wildman–Crippen LogP) is 3.80. The number of hydrogen-bond acceptors (Lipinski definition) is 2. The van der Waals surface area contributed by atoms with Gasteiger partial charge in [-0.1, -0.05) is 25.1 Å². The number of aliphatic hydroxyl groups is 1. The molecule has 1 aromatic carbocycles. The van der Waals surface area contributed by atoms with Gasteiger partial charge < -0.3 is 9.52 Å². The maximum absolute atomic E-state index is 10.4. The van der Waals surface area contributed by atoms with E-state index in [9.17, 15) is 5.11 Å². The van der Waals surface area contributed by atoms with Crippen LogP contribution in [0.4, 0.5) is 0 Å². The van der Waals surface area contributed by atoms with Crippen LogP contribution in [-0.2, 0) is 19.3 Å². The van der Waals surface area contributed by atoms with Gasteiger partial charge in [0.15, 0.2) is 0 Å². The molecule has 1 heterocycles. The van der Waals surface area contributed by atoms with Crippen molar-refractivity contribution in [2.45, 2.75) is 45.1 Å². The fourth-order valence-corrected chi connectivity index (χ4v) is 2.82. The molecule has 2 heteroatoms. The largest absolute Gasteiger partial charge is 0.463 e. The van der Waals surface area contributed by atoms with Crippen molar-refractivity contribution in [1.29, 1.82) is 0 Å². The number of aliphatic hydroxyl groups excluding tert-OH is 1. The third-order valence-electron chi connectivity index (χ3n) is 3.99. The summed E-state index contributed by atoms with van der Waals surface area (Å²) in [5.74, 6) is 1.57. The van der Waals surface area contributed by atoms with Gasteiger partial charge in [0.05, 0.1) is 0 Å². The van der Waals surface area contributed by atoms with E-state index in [0.717, 1.165) is 24.2 Å². The van der Waals surface area contributed by atoms with E-state index in [1.54, 1.807) is 0 Å². The van der Waals surface area contributed by atoms with Gasteiger partial charge in [0, 0.05) is 6.42 Å². The second-order valence-corrected chi connectivity index (χ2v) is 5.30. The van der Waals surface area contributed by atoms with Crippen LogP contribution in [0.3, 0.4) is 0 Å². The van der Waals surface area contributed by atoms with E-state index in [0.29, 0.717) is 5.76 Å². The Morgan fingerprint density at radius 2 is 1.89 bits per heavy atom. The van der Waals surface area contributed by atoms with Gasteiger partial charge in [0.2, 0.25) is 0 Å². The van der Waals surface area contributed by atoms with Crippen molar-refractivity contribution in [3.63, 3.8) is 0 Å². The Morgan fingerprint density at radius 1 is 1.11 bits per heavy atom. The minimum absolute atomic E-state index is 0.646. The van der Waals surface area contributed by atoms with Crippen LogP contribution in [0.5, 0.6) is 0 Å². The average molecular weight is 256 g/mol. The molecule has 0 amide bonds. The lowest BCUT2D eigenvalue weighted by molar-refractivity contribution is 0.187. The first-order chi connectivity index (χ1) is 9.28. The molecule has 100 valence electrons. The van der Waals surface area contributed by atoms with E-state index in [4.69, 9.17) is 4.42 Å². The smallest absolute Gasteiger partial charge is 0.137 e. The fraction of sp³-hybridized carbons (Fsp3) is 0.412. The number of benzene rings is 1. The number of aryl methyl sites for hydroxylation is 3. The molecule has 2 aromatic rings. The van der Waals surface area contributed by atoms with Gasteiger partial charge in [-0.15, -0.1) is 0 Å². The molecule has 19 heavy (non-hydrogen) atoms. The standard InChI is InChI=1S/C17H20O2/c1-2-15-9-10-16(19-15)17(18)14-8-7-12-5-3-4-6-13(12)11-14/h7-11,17-18H,2-6H2,1H3. The molecule has 0 aliphatic heterocycles. The summed E-state index contributed by atoms with van der Waals surface area (Å²) >= 11 is 0. The fourth-order valence-electron chi connectivity index (χ4n) is 2.82. The highest BCUT2D eigenvalue weighted by Gasteiger charge is 2.17. The van der Waals surface area contributed by atoms with Crippen LogP contribution < -0.4 is 0 Å². The van der Waals surface area contributed by atoms with Crippen molar-refractivity contribution in [1.82, 2.24) is 0 Å². The molecular formula is C17H20O2. The van der Waals surface area contributed by atoms with E-state index in [2.05, 4.69) is 12.1 Å². The number of fused-ring (bicyclic) bond motifs is 1. The summed E-state index contributed by atoms with van der Waals surface area (Å²) in [6, 6.07) is 10.2. The summed E-state index contributed by atoms with van der Waals surface area (Å²) in [6.07, 6.45) is 5.06. The maximum atomic E-state index is 10.4. The van der Waals surface area contributed by atoms with Crippen molar-refractivity contribution in [3.05, 3.63) is 58.5 Å². The number of furan rings is 1. The minimum atomic E-state index is -0.646. The zero-order valence-corrected chi connectivity index (χ0v) is 11.4. The molecule has 0 spiro atoms. The third-order valence-corrected chi connectivity index (χ3v) is 3.99. The minimum Gasteiger partial charge on any atom is -0.463 e. The Kier molecular flexibility index (Phi) is 3.43. The highest BCUT2D eigenvalue weighted by Crippen LogP contribution is 2.28. The molecule has 1 aliphatic carbocycles. The van der Waals surface area contributed by atoms with Crippen molar-refractivity contribution in [2.24, 2.45) is 0 Å². The molecule has 1 unspecified atom stereocenters. The Balaban J connectivity index is 1.88. The van der Waals surface area contributed by atoms with E-state index < -0.39 is 6.10 Å². The Morgan fingerprint density at radius 3 is 2.63 bits per heavy atom. The molecule has 2 nitrogen and oxygen atoms in total. The van der Waals surface area contributed by atoms with Gasteiger partial charge in [-0.2, -0.15) is 0 Å². The normalized spacial score (nSPS) is 16.1. The van der Waals surface area contributed by atoms with Crippen molar-refractivity contribution in [3.8, 4) is 0 Å². The van der Waals surface area contributed by atoms with E-state index in [1.807, 2.05) is 25.1 Å². The van der Waals surface area contributed by atoms with Crippen LogP contribution in [0.15, 0.2) is 34.7 Å². The van der Waals surface area contributed by atoms with Crippen molar-refractivity contribution >= 4 is 0 Å². The molecule has 0 saturated carbocycles. The van der Waals surface area contributed by atoms with Crippen LogP contribution in [0.25, 0.3) is 0 Å². The zero-order chi connectivity index (χ0) is 13.2. The first kappa shape index (κ1) is 12.5. The molecular weight excluding hydrogens is 236 g/mol. The number of hydrogen-bond donors (Lipinski definition) is 1. The first-order valence-electron chi connectivity index (χ1n) is 7.16. The quantitative estimate of drug-likeness (QED) is 0.906. The van der Waals surface area contributed by atoms with Crippen molar-refractivity contribution < 1.29 is 9.52 Å². The van der Waals surface area contributed by atoms with Gasteiger partial charge in [-0.25, -0.2) is 0 Å². The van der Waals surface area contributed by atoms with Crippen molar-refractivity contribution in [2.75, 3.05) is 0 Å². The molecule has 1 N–H and O–H groups in total. The summed E-state index contributed by atoms with van der Waals surface area (Å²) < 4.78 is 5.64. The molecule has 0 saturated heterocycles. The summed E-state index contributed by atoms with van der Waals surface area (Å²) in [5.41, 5.74) is 3.78. The second kappa shape index (κ2) is 5.22. The van der Waals surface area contributed by atoms with E-state index in [1.165, 1.54) is 30.4 Å². The predicted molar refractivity (Wildman–Crippen MR) is 75.2 cm³/mol. The Bertz CT molecular complexity index is 568. The lowest BCUT2D eigenvalue weighted by Crippen LogP contribution is -2.05.